The molecule has 1 N–H and O–H groups in total. The molecule has 0 amide bonds. The van der Waals surface area contributed by atoms with Crippen molar-refractivity contribution < 1.29 is 0 Å². The average molecular weight is 219 g/mol. The van der Waals surface area contributed by atoms with Crippen molar-refractivity contribution in [3.05, 3.63) is 29.9 Å². The number of hydrogen-bond donors (Lipinski definition) is 1. The highest BCUT2D eigenvalue weighted by Crippen LogP contribution is 2.05. The zero-order valence-electron chi connectivity index (χ0n) is 10.4. The first kappa shape index (κ1) is 12.8. The Labute approximate surface area is 98.0 Å². The fourth-order valence-corrected chi connectivity index (χ4v) is 1.39. The van der Waals surface area contributed by atoms with E-state index >= 15 is 0 Å². The Balaban J connectivity index is 2.50. The van der Waals surface area contributed by atoms with E-state index in [-0.39, 0.29) is 0 Å². The third kappa shape index (κ3) is 5.03. The van der Waals surface area contributed by atoms with Gasteiger partial charge in [-0.3, -0.25) is 0 Å². The zero-order valence-corrected chi connectivity index (χ0v) is 10.4. The van der Waals surface area contributed by atoms with Crippen molar-refractivity contribution in [2.45, 2.75) is 27.2 Å². The number of aromatic nitrogens is 2. The van der Waals surface area contributed by atoms with Crippen molar-refractivity contribution in [2.75, 3.05) is 13.1 Å². The van der Waals surface area contributed by atoms with Gasteiger partial charge < -0.3 is 5.32 Å². The number of nitrogens with zero attached hydrogens (tertiary/aromatic N) is 2. The summed E-state index contributed by atoms with van der Waals surface area (Å²) in [5.41, 5.74) is 2.36. The van der Waals surface area contributed by atoms with E-state index in [1.807, 2.05) is 6.07 Å². The number of nitrogens with one attached hydrogen (secondary N) is 1. The molecule has 0 aromatic carbocycles. The minimum atomic E-state index is 0.692. The van der Waals surface area contributed by atoms with Crippen LogP contribution in [0.5, 0.6) is 0 Å². The molecule has 0 aliphatic carbocycles. The van der Waals surface area contributed by atoms with Crippen molar-refractivity contribution in [1.82, 2.24) is 15.3 Å². The quantitative estimate of drug-likeness (QED) is 0.799. The summed E-state index contributed by atoms with van der Waals surface area (Å²) in [6.45, 7) is 8.60. The van der Waals surface area contributed by atoms with E-state index in [0.717, 1.165) is 25.2 Å². The van der Waals surface area contributed by atoms with Crippen LogP contribution < -0.4 is 5.32 Å². The molecule has 0 unspecified atom stereocenters. The van der Waals surface area contributed by atoms with Crippen LogP contribution in [0.2, 0.25) is 0 Å². The lowest BCUT2D eigenvalue weighted by molar-refractivity contribution is 0.569. The SMILES string of the molecule is CCC(=Cc1ccncn1)CNCC(C)C. The molecule has 3 heteroatoms. The Morgan fingerprint density at radius 3 is 2.88 bits per heavy atom. The molecule has 0 radical (unpaired) electrons. The molecule has 16 heavy (non-hydrogen) atoms. The topological polar surface area (TPSA) is 37.8 Å². The summed E-state index contributed by atoms with van der Waals surface area (Å²) in [5, 5.41) is 3.44. The maximum atomic E-state index is 4.19. The Morgan fingerprint density at radius 1 is 1.50 bits per heavy atom. The monoisotopic (exact) mass is 219 g/mol. The molecule has 0 saturated heterocycles. The lowest BCUT2D eigenvalue weighted by atomic mass is 10.1. The molecule has 0 spiro atoms. The van der Waals surface area contributed by atoms with Crippen molar-refractivity contribution in [1.29, 1.82) is 0 Å². The first-order valence-electron chi connectivity index (χ1n) is 5.88. The van der Waals surface area contributed by atoms with Crippen molar-refractivity contribution >= 4 is 6.08 Å². The van der Waals surface area contributed by atoms with Gasteiger partial charge in [0.2, 0.25) is 0 Å². The fourth-order valence-electron chi connectivity index (χ4n) is 1.39. The summed E-state index contributed by atoms with van der Waals surface area (Å²) in [4.78, 5) is 8.10. The zero-order chi connectivity index (χ0) is 11.8. The van der Waals surface area contributed by atoms with Gasteiger partial charge in [0, 0.05) is 12.7 Å². The van der Waals surface area contributed by atoms with Gasteiger partial charge in [-0.15, -0.1) is 0 Å². The lowest BCUT2D eigenvalue weighted by Crippen LogP contribution is -2.21. The molecule has 1 heterocycles. The van der Waals surface area contributed by atoms with E-state index in [0.29, 0.717) is 5.92 Å². The maximum Gasteiger partial charge on any atom is 0.115 e. The normalized spacial score (nSPS) is 12.1. The van der Waals surface area contributed by atoms with Crippen molar-refractivity contribution in [3.8, 4) is 0 Å². The van der Waals surface area contributed by atoms with E-state index in [1.165, 1.54) is 5.57 Å². The molecular formula is C13H21N3. The highest BCUT2D eigenvalue weighted by atomic mass is 14.9. The summed E-state index contributed by atoms with van der Waals surface area (Å²) in [6.07, 6.45) is 6.54. The lowest BCUT2D eigenvalue weighted by Gasteiger charge is -2.09. The van der Waals surface area contributed by atoms with Gasteiger partial charge in [0.05, 0.1) is 5.69 Å². The van der Waals surface area contributed by atoms with Crippen LogP contribution in [-0.2, 0) is 0 Å². The van der Waals surface area contributed by atoms with Crippen LogP contribution in [0.3, 0.4) is 0 Å². The third-order valence-corrected chi connectivity index (χ3v) is 2.32. The molecule has 88 valence electrons. The van der Waals surface area contributed by atoms with Gasteiger partial charge in [-0.05, 0) is 31.0 Å². The van der Waals surface area contributed by atoms with Crippen molar-refractivity contribution in [3.63, 3.8) is 0 Å². The van der Waals surface area contributed by atoms with Crippen LogP contribution in [0.1, 0.15) is 32.9 Å². The largest absolute Gasteiger partial charge is 0.313 e. The maximum absolute atomic E-state index is 4.19. The van der Waals surface area contributed by atoms with Crippen LogP contribution in [-0.4, -0.2) is 23.1 Å². The second-order valence-electron chi connectivity index (χ2n) is 4.32. The van der Waals surface area contributed by atoms with Gasteiger partial charge in [-0.2, -0.15) is 0 Å². The highest BCUT2D eigenvalue weighted by molar-refractivity contribution is 5.48. The van der Waals surface area contributed by atoms with Gasteiger partial charge in [-0.1, -0.05) is 26.3 Å². The second kappa shape index (κ2) is 7.12. The summed E-state index contributed by atoms with van der Waals surface area (Å²) in [6, 6.07) is 1.93. The summed E-state index contributed by atoms with van der Waals surface area (Å²) in [5.74, 6) is 0.692. The van der Waals surface area contributed by atoms with Crippen LogP contribution in [0, 0.1) is 5.92 Å². The smallest absolute Gasteiger partial charge is 0.115 e. The van der Waals surface area contributed by atoms with Crippen LogP contribution >= 0.6 is 0 Å². The van der Waals surface area contributed by atoms with Crippen LogP contribution in [0.15, 0.2) is 24.2 Å². The number of hydrogen-bond acceptors (Lipinski definition) is 3. The minimum absolute atomic E-state index is 0.692. The highest BCUT2D eigenvalue weighted by Gasteiger charge is 1.97. The van der Waals surface area contributed by atoms with Gasteiger partial charge in [0.15, 0.2) is 0 Å². The van der Waals surface area contributed by atoms with Crippen molar-refractivity contribution in [2.24, 2.45) is 5.92 Å². The molecule has 1 aromatic rings. The first-order valence-corrected chi connectivity index (χ1v) is 5.88. The molecule has 0 fully saturated rings. The van der Waals surface area contributed by atoms with E-state index in [9.17, 15) is 0 Å². The van der Waals surface area contributed by atoms with Gasteiger partial charge in [-0.25, -0.2) is 9.97 Å². The number of rotatable bonds is 6. The minimum Gasteiger partial charge on any atom is -0.313 e. The standard InChI is InChI=1S/C13H21N3/c1-4-12(9-15-8-11(2)3)7-13-5-6-14-10-16-13/h5-7,10-11,15H,4,8-9H2,1-3H3. The molecule has 0 bridgehead atoms. The predicted octanol–water partition coefficient (Wildman–Crippen LogP) is 2.52. The summed E-state index contributed by atoms with van der Waals surface area (Å²) >= 11 is 0. The van der Waals surface area contributed by atoms with E-state index in [2.05, 4.69) is 42.1 Å². The van der Waals surface area contributed by atoms with E-state index < -0.39 is 0 Å². The average Bonchev–Trinajstić information content (AvgIpc) is 2.28. The van der Waals surface area contributed by atoms with Gasteiger partial charge >= 0.3 is 0 Å². The predicted molar refractivity (Wildman–Crippen MR) is 68.0 cm³/mol. The Bertz CT molecular complexity index is 317. The molecule has 0 atom stereocenters. The molecule has 1 aromatic heterocycles. The Hall–Kier alpha value is -1.22. The molecule has 0 aliphatic rings. The summed E-state index contributed by atoms with van der Waals surface area (Å²) in [7, 11) is 0. The molecule has 0 aliphatic heterocycles. The van der Waals surface area contributed by atoms with Crippen LogP contribution in [0.25, 0.3) is 6.08 Å². The third-order valence-electron chi connectivity index (χ3n) is 2.32. The molecule has 3 nitrogen and oxygen atoms in total. The Morgan fingerprint density at radius 2 is 2.31 bits per heavy atom. The van der Waals surface area contributed by atoms with E-state index in [4.69, 9.17) is 0 Å². The Kier molecular flexibility index (Phi) is 5.72. The van der Waals surface area contributed by atoms with E-state index in [1.54, 1.807) is 12.5 Å². The molecule has 1 rings (SSSR count). The first-order chi connectivity index (χ1) is 7.72. The van der Waals surface area contributed by atoms with Gasteiger partial charge in [0.25, 0.3) is 0 Å². The molecular weight excluding hydrogens is 198 g/mol. The second-order valence-corrected chi connectivity index (χ2v) is 4.32. The summed E-state index contributed by atoms with van der Waals surface area (Å²) < 4.78 is 0. The fraction of sp³-hybridized carbons (Fsp3) is 0.538. The van der Waals surface area contributed by atoms with Crippen LogP contribution in [0.4, 0.5) is 0 Å². The van der Waals surface area contributed by atoms with Gasteiger partial charge in [0.1, 0.15) is 6.33 Å². The molecule has 0 saturated carbocycles.